The number of anilines is 3. The van der Waals surface area contributed by atoms with Crippen LogP contribution in [0.1, 0.15) is 25.0 Å². The number of para-hydroxylation sites is 1. The minimum Gasteiger partial charge on any atom is -0.355 e. The zero-order valence-corrected chi connectivity index (χ0v) is 14.0. The zero-order valence-electron chi connectivity index (χ0n) is 13.2. The van der Waals surface area contributed by atoms with Gasteiger partial charge < -0.3 is 5.32 Å². The van der Waals surface area contributed by atoms with E-state index in [-0.39, 0.29) is 5.75 Å². The second-order valence-electron chi connectivity index (χ2n) is 5.17. The molecule has 0 unspecified atom stereocenters. The van der Waals surface area contributed by atoms with E-state index in [4.69, 9.17) is 0 Å². The van der Waals surface area contributed by atoms with Crippen molar-refractivity contribution >= 4 is 27.1 Å². The average Bonchev–Trinajstić information content (AvgIpc) is 2.51. The molecule has 2 aromatic rings. The van der Waals surface area contributed by atoms with Crippen LogP contribution in [0.25, 0.3) is 0 Å². The van der Waals surface area contributed by atoms with Crippen molar-refractivity contribution in [2.75, 3.05) is 15.8 Å². The minimum absolute atomic E-state index is 0.0655. The molecule has 22 heavy (non-hydrogen) atoms. The van der Waals surface area contributed by atoms with E-state index in [0.29, 0.717) is 5.69 Å². The molecule has 0 spiro atoms. The van der Waals surface area contributed by atoms with Gasteiger partial charge in [0.05, 0.1) is 5.75 Å². The van der Waals surface area contributed by atoms with E-state index < -0.39 is 10.0 Å². The SMILES string of the molecule is CCc1cccc(C)c1Nc1ccc(NS(=O)(=O)CC)cc1. The van der Waals surface area contributed by atoms with E-state index in [1.54, 1.807) is 19.1 Å². The summed E-state index contributed by atoms with van der Waals surface area (Å²) >= 11 is 0. The first kappa shape index (κ1) is 16.4. The predicted molar refractivity (Wildman–Crippen MR) is 93.4 cm³/mol. The van der Waals surface area contributed by atoms with Gasteiger partial charge in [-0.15, -0.1) is 0 Å². The molecule has 0 atom stereocenters. The van der Waals surface area contributed by atoms with E-state index in [1.807, 2.05) is 12.1 Å². The minimum atomic E-state index is -3.23. The first-order valence-corrected chi connectivity index (χ1v) is 9.06. The fraction of sp³-hybridized carbons (Fsp3) is 0.294. The van der Waals surface area contributed by atoms with Crippen LogP contribution in [0.15, 0.2) is 42.5 Å². The highest BCUT2D eigenvalue weighted by atomic mass is 32.2. The molecule has 2 N–H and O–H groups in total. The van der Waals surface area contributed by atoms with Crippen LogP contribution in [-0.4, -0.2) is 14.2 Å². The normalized spacial score (nSPS) is 11.2. The fourth-order valence-electron chi connectivity index (χ4n) is 2.22. The number of benzene rings is 2. The van der Waals surface area contributed by atoms with Gasteiger partial charge in [-0.1, -0.05) is 25.1 Å². The highest BCUT2D eigenvalue weighted by molar-refractivity contribution is 7.92. The number of hydrogen-bond acceptors (Lipinski definition) is 3. The Balaban J connectivity index is 2.19. The third-order valence-corrected chi connectivity index (χ3v) is 4.85. The number of sulfonamides is 1. The highest BCUT2D eigenvalue weighted by Gasteiger charge is 2.07. The first-order valence-electron chi connectivity index (χ1n) is 7.41. The maximum atomic E-state index is 11.5. The lowest BCUT2D eigenvalue weighted by molar-refractivity contribution is 0.602. The van der Waals surface area contributed by atoms with E-state index in [2.05, 4.69) is 42.1 Å². The second-order valence-corrected chi connectivity index (χ2v) is 7.18. The average molecular weight is 318 g/mol. The first-order chi connectivity index (χ1) is 10.4. The standard InChI is InChI=1S/C17H22N2O2S/c1-4-14-8-6-7-13(3)17(14)18-15-9-11-16(12-10-15)19-22(20,21)5-2/h6-12,18-19H,4-5H2,1-3H3. The molecule has 5 heteroatoms. The molecule has 0 bridgehead atoms. The number of hydrogen-bond donors (Lipinski definition) is 2. The van der Waals surface area contributed by atoms with Gasteiger partial charge in [0.2, 0.25) is 10.0 Å². The topological polar surface area (TPSA) is 58.2 Å². The Hall–Kier alpha value is -2.01. The predicted octanol–water partition coefficient (Wildman–Crippen LogP) is 4.06. The van der Waals surface area contributed by atoms with Crippen molar-refractivity contribution in [2.45, 2.75) is 27.2 Å². The molecule has 2 rings (SSSR count). The molecule has 0 amide bonds. The Labute approximate surface area is 132 Å². The highest BCUT2D eigenvalue weighted by Crippen LogP contribution is 2.26. The lowest BCUT2D eigenvalue weighted by atomic mass is 10.1. The van der Waals surface area contributed by atoms with Crippen molar-refractivity contribution in [1.29, 1.82) is 0 Å². The lowest BCUT2D eigenvalue weighted by Crippen LogP contribution is -2.14. The van der Waals surface area contributed by atoms with Gasteiger partial charge in [0.1, 0.15) is 0 Å². The number of aryl methyl sites for hydroxylation is 2. The second kappa shape index (κ2) is 6.83. The smallest absolute Gasteiger partial charge is 0.232 e. The third-order valence-electron chi connectivity index (χ3n) is 3.55. The van der Waals surface area contributed by atoms with Crippen molar-refractivity contribution < 1.29 is 8.42 Å². The Morgan fingerprint density at radius 1 is 0.955 bits per heavy atom. The van der Waals surface area contributed by atoms with Crippen molar-refractivity contribution in [1.82, 2.24) is 0 Å². The molecular formula is C17H22N2O2S. The lowest BCUT2D eigenvalue weighted by Gasteiger charge is -2.14. The van der Waals surface area contributed by atoms with Gasteiger partial charge in [-0.05, 0) is 55.7 Å². The van der Waals surface area contributed by atoms with Crippen LogP contribution in [0.4, 0.5) is 17.1 Å². The van der Waals surface area contributed by atoms with Crippen LogP contribution in [0.2, 0.25) is 0 Å². The summed E-state index contributed by atoms with van der Waals surface area (Å²) in [5.74, 6) is 0.0655. The summed E-state index contributed by atoms with van der Waals surface area (Å²) in [4.78, 5) is 0. The molecule has 0 heterocycles. The van der Waals surface area contributed by atoms with Gasteiger partial charge in [-0.3, -0.25) is 4.72 Å². The Morgan fingerprint density at radius 2 is 1.59 bits per heavy atom. The summed E-state index contributed by atoms with van der Waals surface area (Å²) < 4.78 is 25.6. The molecule has 2 aromatic carbocycles. The van der Waals surface area contributed by atoms with Crippen molar-refractivity contribution in [3.63, 3.8) is 0 Å². The Kier molecular flexibility index (Phi) is 5.08. The molecule has 0 aliphatic rings. The molecule has 0 saturated heterocycles. The monoisotopic (exact) mass is 318 g/mol. The quantitative estimate of drug-likeness (QED) is 0.844. The molecular weight excluding hydrogens is 296 g/mol. The van der Waals surface area contributed by atoms with Crippen molar-refractivity contribution in [3.8, 4) is 0 Å². The molecule has 0 fully saturated rings. The van der Waals surface area contributed by atoms with Crippen LogP contribution in [-0.2, 0) is 16.4 Å². The summed E-state index contributed by atoms with van der Waals surface area (Å²) in [7, 11) is -3.23. The summed E-state index contributed by atoms with van der Waals surface area (Å²) in [5, 5.41) is 3.42. The summed E-state index contributed by atoms with van der Waals surface area (Å²) in [6.45, 7) is 5.82. The van der Waals surface area contributed by atoms with Crippen molar-refractivity contribution in [2.24, 2.45) is 0 Å². The summed E-state index contributed by atoms with van der Waals surface area (Å²) in [5.41, 5.74) is 5.08. The number of nitrogens with one attached hydrogen (secondary N) is 2. The Bertz CT molecular complexity index is 738. The van der Waals surface area contributed by atoms with Crippen LogP contribution in [0, 0.1) is 6.92 Å². The molecule has 0 aliphatic heterocycles. The van der Waals surface area contributed by atoms with Gasteiger partial charge >= 0.3 is 0 Å². The van der Waals surface area contributed by atoms with Gasteiger partial charge in [-0.25, -0.2) is 8.42 Å². The third kappa shape index (κ3) is 4.01. The Morgan fingerprint density at radius 3 is 2.18 bits per heavy atom. The van der Waals surface area contributed by atoms with Gasteiger partial charge in [0, 0.05) is 17.1 Å². The molecule has 0 aliphatic carbocycles. The van der Waals surface area contributed by atoms with Gasteiger partial charge in [0.25, 0.3) is 0 Å². The van der Waals surface area contributed by atoms with Crippen LogP contribution < -0.4 is 10.0 Å². The molecule has 4 nitrogen and oxygen atoms in total. The van der Waals surface area contributed by atoms with E-state index in [1.165, 1.54) is 11.1 Å². The number of rotatable bonds is 6. The van der Waals surface area contributed by atoms with Crippen LogP contribution in [0.3, 0.4) is 0 Å². The maximum absolute atomic E-state index is 11.5. The van der Waals surface area contributed by atoms with E-state index in [0.717, 1.165) is 17.8 Å². The van der Waals surface area contributed by atoms with E-state index >= 15 is 0 Å². The van der Waals surface area contributed by atoms with Crippen molar-refractivity contribution in [3.05, 3.63) is 53.6 Å². The summed E-state index contributed by atoms with van der Waals surface area (Å²) in [6, 6.07) is 13.5. The maximum Gasteiger partial charge on any atom is 0.232 e. The van der Waals surface area contributed by atoms with Gasteiger partial charge in [0.15, 0.2) is 0 Å². The fourth-order valence-corrected chi connectivity index (χ4v) is 2.86. The molecule has 0 radical (unpaired) electrons. The van der Waals surface area contributed by atoms with E-state index in [9.17, 15) is 8.42 Å². The molecule has 118 valence electrons. The zero-order chi connectivity index (χ0) is 16.2. The summed E-state index contributed by atoms with van der Waals surface area (Å²) in [6.07, 6.45) is 0.957. The van der Waals surface area contributed by atoms with Crippen LogP contribution >= 0.6 is 0 Å². The van der Waals surface area contributed by atoms with Crippen LogP contribution in [0.5, 0.6) is 0 Å². The molecule has 0 aromatic heterocycles. The van der Waals surface area contributed by atoms with Gasteiger partial charge in [-0.2, -0.15) is 0 Å². The largest absolute Gasteiger partial charge is 0.355 e. The molecule has 0 saturated carbocycles.